The molecule has 0 bridgehead atoms. The summed E-state index contributed by atoms with van der Waals surface area (Å²) in [5.74, 6) is 1.21. The molecule has 0 aliphatic carbocycles. The van der Waals surface area contributed by atoms with Crippen LogP contribution in [0.3, 0.4) is 0 Å². The maximum Gasteiger partial charge on any atom is 0.411 e. The number of carbonyl (C=O) groups excluding carboxylic acids is 1. The van der Waals surface area contributed by atoms with Crippen molar-refractivity contribution in [2.45, 2.75) is 20.8 Å². The summed E-state index contributed by atoms with van der Waals surface area (Å²) in [6.45, 7) is 6.95. The van der Waals surface area contributed by atoms with Crippen LogP contribution in [0.25, 0.3) is 0 Å². The maximum absolute atomic E-state index is 11.2. The van der Waals surface area contributed by atoms with E-state index in [4.69, 9.17) is 9.47 Å². The number of carbonyl (C=O) groups is 1. The van der Waals surface area contributed by atoms with Crippen molar-refractivity contribution in [3.8, 4) is 5.75 Å². The number of anilines is 1. The summed E-state index contributed by atoms with van der Waals surface area (Å²) in [4.78, 5) is 11.2. The Balaban J connectivity index is 2.56. The van der Waals surface area contributed by atoms with Crippen LogP contribution in [-0.2, 0) is 4.74 Å². The minimum atomic E-state index is -0.450. The number of nitrogens with one attached hydrogen (secondary N) is 1. The Bertz CT molecular complexity index is 363. The Labute approximate surface area is 102 Å². The predicted molar refractivity (Wildman–Crippen MR) is 67.4 cm³/mol. The van der Waals surface area contributed by atoms with Crippen molar-refractivity contribution in [2.75, 3.05) is 18.5 Å². The second-order valence-corrected chi connectivity index (χ2v) is 4.08. The number of rotatable bonds is 5. The van der Waals surface area contributed by atoms with E-state index in [0.29, 0.717) is 24.8 Å². The fourth-order valence-electron chi connectivity index (χ4n) is 1.21. The molecule has 0 unspecified atom stereocenters. The van der Waals surface area contributed by atoms with Crippen LogP contribution in [0.5, 0.6) is 5.75 Å². The molecule has 0 spiro atoms. The molecule has 0 aliphatic rings. The van der Waals surface area contributed by atoms with Gasteiger partial charge in [-0.1, -0.05) is 19.9 Å². The predicted octanol–water partition coefficient (Wildman–Crippen LogP) is 3.29. The zero-order valence-electron chi connectivity index (χ0n) is 10.5. The van der Waals surface area contributed by atoms with Crippen LogP contribution in [0.4, 0.5) is 10.5 Å². The normalized spacial score (nSPS) is 10.1. The van der Waals surface area contributed by atoms with Gasteiger partial charge >= 0.3 is 6.09 Å². The molecule has 0 saturated heterocycles. The SMILES string of the molecule is CCOC(=O)Nc1cccc(OCC(C)C)c1. The highest BCUT2D eigenvalue weighted by Crippen LogP contribution is 2.18. The third kappa shape index (κ3) is 5.24. The number of ether oxygens (including phenoxy) is 2. The zero-order valence-corrected chi connectivity index (χ0v) is 10.5. The van der Waals surface area contributed by atoms with E-state index < -0.39 is 6.09 Å². The number of amides is 1. The summed E-state index contributed by atoms with van der Waals surface area (Å²) in [6.07, 6.45) is -0.450. The van der Waals surface area contributed by atoms with Crippen molar-refractivity contribution in [1.82, 2.24) is 0 Å². The lowest BCUT2D eigenvalue weighted by atomic mass is 10.2. The van der Waals surface area contributed by atoms with Gasteiger partial charge in [-0.2, -0.15) is 0 Å². The molecule has 94 valence electrons. The zero-order chi connectivity index (χ0) is 12.7. The van der Waals surface area contributed by atoms with Gasteiger partial charge in [-0.05, 0) is 25.0 Å². The van der Waals surface area contributed by atoms with Gasteiger partial charge in [-0.3, -0.25) is 5.32 Å². The third-order valence-corrected chi connectivity index (χ3v) is 1.94. The summed E-state index contributed by atoms with van der Waals surface area (Å²) < 4.78 is 10.4. The van der Waals surface area contributed by atoms with Crippen LogP contribution < -0.4 is 10.1 Å². The van der Waals surface area contributed by atoms with Crippen molar-refractivity contribution in [3.63, 3.8) is 0 Å². The summed E-state index contributed by atoms with van der Waals surface area (Å²) in [5.41, 5.74) is 0.671. The van der Waals surface area contributed by atoms with Gasteiger partial charge in [0.2, 0.25) is 0 Å². The van der Waals surface area contributed by atoms with Crippen LogP contribution in [-0.4, -0.2) is 19.3 Å². The van der Waals surface area contributed by atoms with Gasteiger partial charge < -0.3 is 9.47 Å². The van der Waals surface area contributed by atoms with E-state index in [2.05, 4.69) is 19.2 Å². The van der Waals surface area contributed by atoms with E-state index in [0.717, 1.165) is 5.75 Å². The van der Waals surface area contributed by atoms with Gasteiger partial charge in [-0.15, -0.1) is 0 Å². The molecule has 0 aromatic heterocycles. The van der Waals surface area contributed by atoms with Crippen LogP contribution in [0.1, 0.15) is 20.8 Å². The molecule has 0 heterocycles. The van der Waals surface area contributed by atoms with Crippen LogP contribution in [0, 0.1) is 5.92 Å². The third-order valence-electron chi connectivity index (χ3n) is 1.94. The summed E-state index contributed by atoms with van der Waals surface area (Å²) >= 11 is 0. The topological polar surface area (TPSA) is 47.6 Å². The van der Waals surface area contributed by atoms with Gasteiger partial charge in [0.05, 0.1) is 13.2 Å². The average molecular weight is 237 g/mol. The van der Waals surface area contributed by atoms with E-state index in [-0.39, 0.29) is 0 Å². The van der Waals surface area contributed by atoms with Crippen molar-refractivity contribution in [3.05, 3.63) is 24.3 Å². The maximum atomic E-state index is 11.2. The highest BCUT2D eigenvalue weighted by atomic mass is 16.5. The number of hydrogen-bond acceptors (Lipinski definition) is 3. The molecule has 0 saturated carbocycles. The first-order valence-electron chi connectivity index (χ1n) is 5.78. The molecule has 17 heavy (non-hydrogen) atoms. The Morgan fingerprint density at radius 2 is 2.18 bits per heavy atom. The van der Waals surface area contributed by atoms with E-state index in [1.165, 1.54) is 0 Å². The molecule has 1 rings (SSSR count). The second-order valence-electron chi connectivity index (χ2n) is 4.08. The minimum Gasteiger partial charge on any atom is -0.493 e. The smallest absolute Gasteiger partial charge is 0.411 e. The molecule has 4 nitrogen and oxygen atoms in total. The molecule has 0 fully saturated rings. The second kappa shape index (κ2) is 6.78. The largest absolute Gasteiger partial charge is 0.493 e. The molecular weight excluding hydrogens is 218 g/mol. The molecule has 1 aromatic carbocycles. The molecule has 1 N–H and O–H groups in total. The quantitative estimate of drug-likeness (QED) is 0.854. The lowest BCUT2D eigenvalue weighted by molar-refractivity contribution is 0.168. The van der Waals surface area contributed by atoms with E-state index in [1.807, 2.05) is 12.1 Å². The van der Waals surface area contributed by atoms with Crippen LogP contribution in [0.2, 0.25) is 0 Å². The van der Waals surface area contributed by atoms with Crippen molar-refractivity contribution in [2.24, 2.45) is 5.92 Å². The molecule has 1 amide bonds. The van der Waals surface area contributed by atoms with Gasteiger partial charge in [-0.25, -0.2) is 4.79 Å². The highest BCUT2D eigenvalue weighted by molar-refractivity contribution is 5.84. The Kier molecular flexibility index (Phi) is 5.33. The first-order chi connectivity index (χ1) is 8.11. The molecular formula is C13H19NO3. The van der Waals surface area contributed by atoms with Crippen LogP contribution >= 0.6 is 0 Å². The van der Waals surface area contributed by atoms with E-state index in [1.54, 1.807) is 19.1 Å². The molecule has 0 aliphatic heterocycles. The summed E-state index contributed by atoms with van der Waals surface area (Å²) in [7, 11) is 0. The van der Waals surface area contributed by atoms with Gasteiger partial charge in [0, 0.05) is 11.8 Å². The van der Waals surface area contributed by atoms with Crippen molar-refractivity contribution < 1.29 is 14.3 Å². The molecule has 0 radical (unpaired) electrons. The summed E-state index contributed by atoms with van der Waals surface area (Å²) in [5, 5.41) is 2.63. The summed E-state index contributed by atoms with van der Waals surface area (Å²) in [6, 6.07) is 7.26. The monoisotopic (exact) mass is 237 g/mol. The fraction of sp³-hybridized carbons (Fsp3) is 0.462. The Hall–Kier alpha value is -1.71. The molecule has 0 atom stereocenters. The van der Waals surface area contributed by atoms with Crippen molar-refractivity contribution in [1.29, 1.82) is 0 Å². The molecule has 4 heteroatoms. The average Bonchev–Trinajstić information content (AvgIpc) is 2.27. The van der Waals surface area contributed by atoms with Gasteiger partial charge in [0.15, 0.2) is 0 Å². The Morgan fingerprint density at radius 1 is 1.41 bits per heavy atom. The van der Waals surface area contributed by atoms with Gasteiger partial charge in [0.1, 0.15) is 5.75 Å². The number of hydrogen-bond donors (Lipinski definition) is 1. The lowest BCUT2D eigenvalue weighted by Crippen LogP contribution is -2.13. The van der Waals surface area contributed by atoms with E-state index >= 15 is 0 Å². The highest BCUT2D eigenvalue weighted by Gasteiger charge is 2.03. The number of benzene rings is 1. The first kappa shape index (κ1) is 13.4. The fourth-order valence-corrected chi connectivity index (χ4v) is 1.21. The van der Waals surface area contributed by atoms with Gasteiger partial charge in [0.25, 0.3) is 0 Å². The molecule has 1 aromatic rings. The van der Waals surface area contributed by atoms with Crippen LogP contribution in [0.15, 0.2) is 24.3 Å². The van der Waals surface area contributed by atoms with E-state index in [9.17, 15) is 4.79 Å². The standard InChI is InChI=1S/C13H19NO3/c1-4-16-13(15)14-11-6-5-7-12(8-11)17-9-10(2)3/h5-8,10H,4,9H2,1-3H3,(H,14,15). The van der Waals surface area contributed by atoms with Crippen molar-refractivity contribution >= 4 is 11.8 Å². The first-order valence-corrected chi connectivity index (χ1v) is 5.78. The Morgan fingerprint density at radius 3 is 2.82 bits per heavy atom. The minimum absolute atomic E-state index is 0.357. The lowest BCUT2D eigenvalue weighted by Gasteiger charge is -2.10.